The summed E-state index contributed by atoms with van der Waals surface area (Å²) in [5.41, 5.74) is 5.26. The molecule has 1 amide bonds. The van der Waals surface area contributed by atoms with Gasteiger partial charge >= 0.3 is 5.97 Å². The first-order valence-corrected chi connectivity index (χ1v) is 8.76. The minimum Gasteiger partial charge on any atom is -0.505 e. The molecule has 3 aromatic rings. The molecule has 0 saturated heterocycles. The molecule has 0 atom stereocenters. The molecule has 0 bridgehead atoms. The van der Waals surface area contributed by atoms with E-state index < -0.39 is 35.3 Å². The number of esters is 1. The average molecular weight is 399 g/mol. The molecule has 29 heavy (non-hydrogen) atoms. The number of rotatable bonds is 6. The lowest BCUT2D eigenvalue weighted by molar-refractivity contribution is -0.118. The molecular weight excluding hydrogens is 381 g/mol. The zero-order valence-electron chi connectivity index (χ0n) is 15.5. The third kappa shape index (κ3) is 4.08. The Bertz CT molecular complexity index is 1160. The fourth-order valence-electron chi connectivity index (χ4n) is 2.98. The van der Waals surface area contributed by atoms with E-state index in [4.69, 9.17) is 10.5 Å². The molecule has 8 nitrogen and oxygen atoms in total. The smallest absolute Gasteiger partial charge is 0.347 e. The van der Waals surface area contributed by atoms with Gasteiger partial charge in [0, 0.05) is 6.20 Å². The lowest BCUT2D eigenvalue weighted by atomic mass is 10.1. The Hall–Kier alpha value is -3.75. The first-order chi connectivity index (χ1) is 13.8. The number of hydrogen-bond acceptors (Lipinski definition) is 6. The number of carbonyl (C=O) groups is 2. The summed E-state index contributed by atoms with van der Waals surface area (Å²) in [5.74, 6) is -2.82. The largest absolute Gasteiger partial charge is 0.505 e. The number of nitrogens with zero attached hydrogens (tertiary/aromatic N) is 2. The van der Waals surface area contributed by atoms with Crippen LogP contribution in [0.5, 0.6) is 5.75 Å². The molecule has 0 spiro atoms. The van der Waals surface area contributed by atoms with Crippen molar-refractivity contribution in [2.24, 2.45) is 5.73 Å². The molecule has 9 heteroatoms. The average Bonchev–Trinajstić information content (AvgIpc) is 2.67. The molecule has 0 aliphatic rings. The summed E-state index contributed by atoms with van der Waals surface area (Å²) in [6.45, 7) is 1.04. The van der Waals surface area contributed by atoms with Gasteiger partial charge in [-0.05, 0) is 42.7 Å². The van der Waals surface area contributed by atoms with E-state index in [0.29, 0.717) is 12.0 Å². The number of nitrogens with two attached hydrogens (primary N) is 1. The van der Waals surface area contributed by atoms with Crippen LogP contribution >= 0.6 is 0 Å². The fourth-order valence-corrected chi connectivity index (χ4v) is 2.98. The van der Waals surface area contributed by atoms with Crippen LogP contribution in [0.15, 0.2) is 41.3 Å². The quantitative estimate of drug-likeness (QED) is 0.605. The summed E-state index contributed by atoms with van der Waals surface area (Å²) in [6, 6.07) is 7.42. The maximum atomic E-state index is 13.1. The van der Waals surface area contributed by atoms with Crippen LogP contribution in [-0.4, -0.2) is 33.1 Å². The highest BCUT2D eigenvalue weighted by Crippen LogP contribution is 2.26. The molecule has 150 valence electrons. The highest BCUT2D eigenvalue weighted by Gasteiger charge is 2.25. The zero-order chi connectivity index (χ0) is 21.1. The second kappa shape index (κ2) is 8.09. The topological polar surface area (TPSA) is 125 Å². The van der Waals surface area contributed by atoms with Gasteiger partial charge in [-0.1, -0.05) is 12.1 Å². The standard InChI is InChI=1S/C20H18FN3O5/c1-2-29-20(28)16-18(26)17-14(24(19(16)27)10-15(22)25)8-12(9-23-17)7-11-3-5-13(21)6-4-11/h3-6,8-9,26H,2,7,10H2,1H3,(H2,22,25). The van der Waals surface area contributed by atoms with Crippen molar-refractivity contribution in [3.63, 3.8) is 0 Å². The van der Waals surface area contributed by atoms with Gasteiger partial charge < -0.3 is 15.6 Å². The predicted octanol–water partition coefficient (Wildman–Crippen LogP) is 1.49. The van der Waals surface area contributed by atoms with Crippen molar-refractivity contribution < 1.29 is 23.8 Å². The van der Waals surface area contributed by atoms with Gasteiger partial charge in [0.05, 0.1) is 12.1 Å². The van der Waals surface area contributed by atoms with Gasteiger partial charge in [-0.2, -0.15) is 0 Å². The van der Waals surface area contributed by atoms with E-state index in [0.717, 1.165) is 10.1 Å². The van der Waals surface area contributed by atoms with Crippen LogP contribution in [0.25, 0.3) is 11.0 Å². The second-order valence-corrected chi connectivity index (χ2v) is 6.32. The summed E-state index contributed by atoms with van der Waals surface area (Å²) in [7, 11) is 0. The predicted molar refractivity (Wildman–Crippen MR) is 102 cm³/mol. The molecule has 0 fully saturated rings. The van der Waals surface area contributed by atoms with E-state index in [2.05, 4.69) is 4.98 Å². The molecule has 1 aromatic carbocycles. The number of amides is 1. The Kier molecular flexibility index (Phi) is 5.58. The zero-order valence-corrected chi connectivity index (χ0v) is 15.5. The van der Waals surface area contributed by atoms with Crippen LogP contribution < -0.4 is 11.3 Å². The minimum atomic E-state index is -1.02. The Morgan fingerprint density at radius 1 is 1.24 bits per heavy atom. The number of aromatic nitrogens is 2. The number of halogens is 1. The Balaban J connectivity index is 2.18. The van der Waals surface area contributed by atoms with Crippen LogP contribution in [0.1, 0.15) is 28.4 Å². The van der Waals surface area contributed by atoms with Crippen molar-refractivity contribution >= 4 is 22.9 Å². The lowest BCUT2D eigenvalue weighted by Gasteiger charge is -2.14. The van der Waals surface area contributed by atoms with Crippen molar-refractivity contribution in [1.29, 1.82) is 0 Å². The monoisotopic (exact) mass is 399 g/mol. The van der Waals surface area contributed by atoms with E-state index in [1.54, 1.807) is 25.1 Å². The van der Waals surface area contributed by atoms with E-state index in [-0.39, 0.29) is 23.5 Å². The Morgan fingerprint density at radius 3 is 2.55 bits per heavy atom. The van der Waals surface area contributed by atoms with Gasteiger partial charge in [-0.3, -0.25) is 19.1 Å². The lowest BCUT2D eigenvalue weighted by Crippen LogP contribution is -2.32. The van der Waals surface area contributed by atoms with Gasteiger partial charge in [0.1, 0.15) is 17.9 Å². The minimum absolute atomic E-state index is 0.00436. The highest BCUT2D eigenvalue weighted by atomic mass is 19.1. The molecular formula is C20H18FN3O5. The fraction of sp³-hybridized carbons (Fsp3) is 0.200. The Morgan fingerprint density at radius 2 is 1.93 bits per heavy atom. The third-order valence-corrected chi connectivity index (χ3v) is 4.25. The number of fused-ring (bicyclic) bond motifs is 1. The number of primary amides is 1. The molecule has 0 saturated carbocycles. The summed E-state index contributed by atoms with van der Waals surface area (Å²) >= 11 is 0. The molecule has 3 N–H and O–H groups in total. The summed E-state index contributed by atoms with van der Waals surface area (Å²) in [5, 5.41) is 10.5. The van der Waals surface area contributed by atoms with E-state index in [1.165, 1.54) is 18.3 Å². The van der Waals surface area contributed by atoms with Gasteiger partial charge in [0.2, 0.25) is 5.91 Å². The van der Waals surface area contributed by atoms with E-state index >= 15 is 0 Å². The van der Waals surface area contributed by atoms with Crippen LogP contribution in [0.4, 0.5) is 4.39 Å². The van der Waals surface area contributed by atoms with Crippen molar-refractivity contribution in [1.82, 2.24) is 9.55 Å². The molecule has 0 radical (unpaired) electrons. The van der Waals surface area contributed by atoms with Crippen molar-refractivity contribution in [2.75, 3.05) is 6.61 Å². The van der Waals surface area contributed by atoms with E-state index in [1.807, 2.05) is 0 Å². The van der Waals surface area contributed by atoms with Crippen LogP contribution in [0.3, 0.4) is 0 Å². The molecule has 0 unspecified atom stereocenters. The van der Waals surface area contributed by atoms with Crippen LogP contribution in [0, 0.1) is 5.82 Å². The number of carbonyl (C=O) groups excluding carboxylic acids is 2. The second-order valence-electron chi connectivity index (χ2n) is 6.32. The normalized spacial score (nSPS) is 10.8. The molecule has 0 aliphatic heterocycles. The van der Waals surface area contributed by atoms with Gasteiger partial charge in [-0.15, -0.1) is 0 Å². The maximum Gasteiger partial charge on any atom is 0.347 e. The summed E-state index contributed by atoms with van der Waals surface area (Å²) in [6.07, 6.45) is 1.83. The first kappa shape index (κ1) is 20.0. The number of pyridine rings is 2. The van der Waals surface area contributed by atoms with Gasteiger partial charge in [0.25, 0.3) is 5.56 Å². The number of ether oxygens (including phenoxy) is 1. The van der Waals surface area contributed by atoms with Crippen LogP contribution in [-0.2, 0) is 22.5 Å². The number of hydrogen-bond donors (Lipinski definition) is 2. The summed E-state index contributed by atoms with van der Waals surface area (Å²) < 4.78 is 18.9. The molecule has 2 aromatic heterocycles. The SMILES string of the molecule is CCOC(=O)c1c(O)c2ncc(Cc3ccc(F)cc3)cc2n(CC(N)=O)c1=O. The van der Waals surface area contributed by atoms with E-state index in [9.17, 15) is 23.9 Å². The first-order valence-electron chi connectivity index (χ1n) is 8.76. The molecule has 0 aliphatic carbocycles. The third-order valence-electron chi connectivity index (χ3n) is 4.25. The van der Waals surface area contributed by atoms with Gasteiger partial charge in [-0.25, -0.2) is 9.18 Å². The van der Waals surface area contributed by atoms with Crippen LogP contribution in [0.2, 0.25) is 0 Å². The van der Waals surface area contributed by atoms with Crippen molar-refractivity contribution in [2.45, 2.75) is 19.9 Å². The Labute approximate surface area is 164 Å². The summed E-state index contributed by atoms with van der Waals surface area (Å²) in [4.78, 5) is 40.6. The highest BCUT2D eigenvalue weighted by molar-refractivity contribution is 5.98. The number of benzene rings is 1. The van der Waals surface area contributed by atoms with Crippen molar-refractivity contribution in [3.8, 4) is 5.75 Å². The number of aromatic hydroxyl groups is 1. The molecule has 3 rings (SSSR count). The maximum absolute atomic E-state index is 13.1. The van der Waals surface area contributed by atoms with Gasteiger partial charge in [0.15, 0.2) is 11.3 Å². The molecule has 2 heterocycles. The van der Waals surface area contributed by atoms with Crippen molar-refractivity contribution in [3.05, 3.63) is 69.4 Å².